The Labute approximate surface area is 83.1 Å². The van der Waals surface area contributed by atoms with Gasteiger partial charge in [0.2, 0.25) is 5.91 Å². The van der Waals surface area contributed by atoms with E-state index in [-0.39, 0.29) is 24.2 Å². The average molecular weight is 195 g/mol. The van der Waals surface area contributed by atoms with Crippen molar-refractivity contribution in [3.05, 3.63) is 24.1 Å². The molecule has 0 N–H and O–H groups in total. The molecule has 76 valence electrons. The molecular formula is C11H14FNO. The maximum atomic E-state index is 12.9. The number of amides is 1. The highest BCUT2D eigenvalue weighted by atomic mass is 19.1. The van der Waals surface area contributed by atoms with Crippen molar-refractivity contribution < 1.29 is 9.18 Å². The van der Waals surface area contributed by atoms with Crippen molar-refractivity contribution in [2.45, 2.75) is 19.3 Å². The molecule has 3 heteroatoms. The van der Waals surface area contributed by atoms with E-state index < -0.39 is 0 Å². The largest absolute Gasteiger partial charge is 0.335 e. The Morgan fingerprint density at radius 2 is 2.14 bits per heavy atom. The molecule has 0 bridgehead atoms. The second-order valence-electron chi connectivity index (χ2n) is 3.84. The van der Waals surface area contributed by atoms with Crippen molar-refractivity contribution >= 4 is 5.91 Å². The van der Waals surface area contributed by atoms with Crippen LogP contribution in [0.25, 0.3) is 0 Å². The van der Waals surface area contributed by atoms with Crippen molar-refractivity contribution in [1.29, 1.82) is 0 Å². The number of hydrogen-bond donors (Lipinski definition) is 0. The lowest BCUT2D eigenvalue weighted by Crippen LogP contribution is -2.38. The first-order chi connectivity index (χ1) is 6.77. The average Bonchev–Trinajstić information content (AvgIpc) is 2.69. The summed E-state index contributed by atoms with van der Waals surface area (Å²) in [6, 6.07) is 0. The Bertz CT molecular complexity index is 288. The molecule has 2 rings (SSSR count). The van der Waals surface area contributed by atoms with Crippen LogP contribution >= 0.6 is 0 Å². The van der Waals surface area contributed by atoms with Crippen molar-refractivity contribution in [2.24, 2.45) is 5.92 Å². The number of carbonyl (C=O) groups excluding carboxylic acids is 1. The van der Waals surface area contributed by atoms with Gasteiger partial charge in [-0.25, -0.2) is 4.39 Å². The minimum Gasteiger partial charge on any atom is -0.335 e. The molecular weight excluding hydrogens is 181 g/mol. The highest BCUT2D eigenvalue weighted by Crippen LogP contribution is 2.22. The first-order valence-corrected chi connectivity index (χ1v) is 5.05. The van der Waals surface area contributed by atoms with Gasteiger partial charge in [0, 0.05) is 12.5 Å². The molecule has 14 heavy (non-hydrogen) atoms. The molecule has 2 aliphatic rings. The Hall–Kier alpha value is -1.12. The van der Waals surface area contributed by atoms with E-state index in [0.29, 0.717) is 13.0 Å². The summed E-state index contributed by atoms with van der Waals surface area (Å²) < 4.78 is 12.9. The van der Waals surface area contributed by atoms with Gasteiger partial charge in [-0.05, 0) is 25.3 Å². The van der Waals surface area contributed by atoms with Crippen LogP contribution in [-0.2, 0) is 4.79 Å². The molecule has 0 unspecified atom stereocenters. The monoisotopic (exact) mass is 195 g/mol. The molecule has 0 saturated carbocycles. The van der Waals surface area contributed by atoms with Gasteiger partial charge in [0.25, 0.3) is 0 Å². The summed E-state index contributed by atoms with van der Waals surface area (Å²) in [5, 5.41) is 0. The third kappa shape index (κ3) is 1.86. The number of halogens is 1. The van der Waals surface area contributed by atoms with Gasteiger partial charge >= 0.3 is 0 Å². The highest BCUT2D eigenvalue weighted by Gasteiger charge is 2.26. The van der Waals surface area contributed by atoms with Gasteiger partial charge in [-0.2, -0.15) is 0 Å². The van der Waals surface area contributed by atoms with Crippen molar-refractivity contribution in [2.75, 3.05) is 13.1 Å². The second-order valence-corrected chi connectivity index (χ2v) is 3.84. The molecule has 0 aromatic rings. The lowest BCUT2D eigenvalue weighted by atomic mass is 10.0. The topological polar surface area (TPSA) is 20.3 Å². The van der Waals surface area contributed by atoms with E-state index in [9.17, 15) is 9.18 Å². The SMILES string of the molecule is O=C(C1CC=CC1)N1CCC=C(F)C1. The van der Waals surface area contributed by atoms with Gasteiger partial charge in [-0.3, -0.25) is 4.79 Å². The van der Waals surface area contributed by atoms with Crippen LogP contribution in [0.1, 0.15) is 19.3 Å². The van der Waals surface area contributed by atoms with E-state index in [2.05, 4.69) is 0 Å². The first kappa shape index (κ1) is 9.44. The van der Waals surface area contributed by atoms with Crippen LogP contribution in [0, 0.1) is 5.92 Å². The summed E-state index contributed by atoms with van der Waals surface area (Å²) in [7, 11) is 0. The predicted molar refractivity (Wildman–Crippen MR) is 52.3 cm³/mol. The third-order valence-corrected chi connectivity index (χ3v) is 2.78. The van der Waals surface area contributed by atoms with Gasteiger partial charge in [-0.1, -0.05) is 12.2 Å². The van der Waals surface area contributed by atoms with Crippen LogP contribution in [-0.4, -0.2) is 23.9 Å². The van der Waals surface area contributed by atoms with Crippen LogP contribution < -0.4 is 0 Å². The van der Waals surface area contributed by atoms with Crippen LogP contribution in [0.3, 0.4) is 0 Å². The Kier molecular flexibility index (Phi) is 2.66. The van der Waals surface area contributed by atoms with E-state index in [1.54, 1.807) is 11.0 Å². The molecule has 0 saturated heterocycles. The molecule has 0 spiro atoms. The lowest BCUT2D eigenvalue weighted by Gasteiger charge is -2.27. The molecule has 2 nitrogen and oxygen atoms in total. The molecule has 1 aliphatic heterocycles. The van der Waals surface area contributed by atoms with E-state index >= 15 is 0 Å². The van der Waals surface area contributed by atoms with E-state index in [4.69, 9.17) is 0 Å². The van der Waals surface area contributed by atoms with Crippen molar-refractivity contribution in [3.63, 3.8) is 0 Å². The zero-order valence-corrected chi connectivity index (χ0v) is 8.08. The van der Waals surface area contributed by atoms with E-state index in [1.807, 2.05) is 12.2 Å². The fourth-order valence-corrected chi connectivity index (χ4v) is 1.97. The summed E-state index contributed by atoms with van der Waals surface area (Å²) in [5.41, 5.74) is 0. The molecule has 1 heterocycles. The Morgan fingerprint density at radius 1 is 1.43 bits per heavy atom. The van der Waals surface area contributed by atoms with Gasteiger partial charge in [0.05, 0.1) is 6.54 Å². The fourth-order valence-electron chi connectivity index (χ4n) is 1.97. The zero-order valence-electron chi connectivity index (χ0n) is 8.08. The summed E-state index contributed by atoms with van der Waals surface area (Å²) in [6.45, 7) is 0.845. The smallest absolute Gasteiger partial charge is 0.226 e. The molecule has 0 fully saturated rings. The molecule has 1 amide bonds. The van der Waals surface area contributed by atoms with Crippen molar-refractivity contribution in [1.82, 2.24) is 4.90 Å². The maximum Gasteiger partial charge on any atom is 0.226 e. The van der Waals surface area contributed by atoms with Gasteiger partial charge in [0.1, 0.15) is 5.83 Å². The summed E-state index contributed by atoms with van der Waals surface area (Å²) in [5.74, 6) is 0.00899. The highest BCUT2D eigenvalue weighted by molar-refractivity contribution is 5.80. The summed E-state index contributed by atoms with van der Waals surface area (Å²) in [4.78, 5) is 13.5. The van der Waals surface area contributed by atoms with Crippen LogP contribution in [0.15, 0.2) is 24.1 Å². The summed E-state index contributed by atoms with van der Waals surface area (Å²) >= 11 is 0. The second kappa shape index (κ2) is 3.95. The number of nitrogens with zero attached hydrogens (tertiary/aromatic N) is 1. The van der Waals surface area contributed by atoms with E-state index in [1.165, 1.54) is 0 Å². The van der Waals surface area contributed by atoms with Crippen LogP contribution in [0.5, 0.6) is 0 Å². The minimum atomic E-state index is -0.171. The first-order valence-electron chi connectivity index (χ1n) is 5.05. The normalized spacial score (nSPS) is 22.6. The Morgan fingerprint density at radius 3 is 2.79 bits per heavy atom. The van der Waals surface area contributed by atoms with Gasteiger partial charge in [0.15, 0.2) is 0 Å². The number of hydrogen-bond acceptors (Lipinski definition) is 1. The molecule has 0 radical (unpaired) electrons. The van der Waals surface area contributed by atoms with Crippen LogP contribution in [0.2, 0.25) is 0 Å². The molecule has 0 aromatic carbocycles. The van der Waals surface area contributed by atoms with Crippen LogP contribution in [0.4, 0.5) is 4.39 Å². The molecule has 1 aliphatic carbocycles. The number of rotatable bonds is 1. The Balaban J connectivity index is 1.95. The quantitative estimate of drug-likeness (QED) is 0.586. The molecule has 0 atom stereocenters. The molecule has 0 aromatic heterocycles. The number of carbonyl (C=O) groups is 1. The summed E-state index contributed by atoms with van der Waals surface area (Å²) in [6.07, 6.45) is 7.91. The zero-order chi connectivity index (χ0) is 9.97. The van der Waals surface area contributed by atoms with Gasteiger partial charge in [-0.15, -0.1) is 0 Å². The van der Waals surface area contributed by atoms with Gasteiger partial charge < -0.3 is 4.90 Å². The van der Waals surface area contributed by atoms with Crippen molar-refractivity contribution in [3.8, 4) is 0 Å². The third-order valence-electron chi connectivity index (χ3n) is 2.78. The predicted octanol–water partition coefficient (Wildman–Crippen LogP) is 2.04. The standard InChI is InChI=1S/C11H14FNO/c12-10-6-3-7-13(8-10)11(14)9-4-1-2-5-9/h1-2,6,9H,3-5,7-8H2. The van der Waals surface area contributed by atoms with E-state index in [0.717, 1.165) is 12.8 Å². The lowest BCUT2D eigenvalue weighted by molar-refractivity contribution is -0.135. The fraction of sp³-hybridized carbons (Fsp3) is 0.545. The number of allylic oxidation sites excluding steroid dienone is 2. The minimum absolute atomic E-state index is 0.0703. The maximum absolute atomic E-state index is 12.9.